The van der Waals surface area contributed by atoms with Crippen molar-refractivity contribution in [2.75, 3.05) is 13.1 Å². The average molecular weight is 184 g/mol. The van der Waals surface area contributed by atoms with Gasteiger partial charge in [-0.3, -0.25) is 4.79 Å². The maximum absolute atomic E-state index is 11.3. The van der Waals surface area contributed by atoms with E-state index in [1.54, 1.807) is 0 Å². The van der Waals surface area contributed by atoms with Gasteiger partial charge in [0.05, 0.1) is 0 Å². The Morgan fingerprint density at radius 3 is 3.08 bits per heavy atom. The molecule has 2 N–H and O–H groups in total. The van der Waals surface area contributed by atoms with Crippen molar-refractivity contribution in [2.45, 2.75) is 45.1 Å². The Kier molecular flexibility index (Phi) is 4.83. The molecule has 0 unspecified atom stereocenters. The monoisotopic (exact) mass is 184 g/mol. The molecular weight excluding hydrogens is 164 g/mol. The van der Waals surface area contributed by atoms with E-state index >= 15 is 0 Å². The molecule has 0 aromatic rings. The van der Waals surface area contributed by atoms with Crippen LogP contribution >= 0.6 is 0 Å². The van der Waals surface area contributed by atoms with Crippen molar-refractivity contribution in [3.8, 4) is 0 Å². The molecule has 13 heavy (non-hydrogen) atoms. The minimum Gasteiger partial charge on any atom is -0.352 e. The predicted octanol–water partition coefficient (Wildman–Crippen LogP) is 1.04. The first-order valence-corrected chi connectivity index (χ1v) is 5.33. The average Bonchev–Trinajstić information content (AvgIpc) is 2.16. The highest BCUT2D eigenvalue weighted by Gasteiger charge is 2.14. The van der Waals surface area contributed by atoms with Gasteiger partial charge in [-0.2, -0.15) is 0 Å². The molecule has 1 amide bonds. The van der Waals surface area contributed by atoms with Crippen molar-refractivity contribution in [2.24, 2.45) is 0 Å². The van der Waals surface area contributed by atoms with Crippen LogP contribution in [0, 0.1) is 0 Å². The van der Waals surface area contributed by atoms with Crippen LogP contribution < -0.4 is 10.6 Å². The number of piperidine rings is 1. The summed E-state index contributed by atoms with van der Waals surface area (Å²) in [4.78, 5) is 11.3. The molecule has 0 saturated carbocycles. The summed E-state index contributed by atoms with van der Waals surface area (Å²) in [6, 6.07) is 0.373. The third-order valence-electron chi connectivity index (χ3n) is 2.42. The van der Waals surface area contributed by atoms with Crippen LogP contribution in [0.25, 0.3) is 0 Å². The Balaban J connectivity index is 2.11. The Morgan fingerprint density at radius 1 is 1.62 bits per heavy atom. The summed E-state index contributed by atoms with van der Waals surface area (Å²) < 4.78 is 0. The Morgan fingerprint density at radius 2 is 2.46 bits per heavy atom. The van der Waals surface area contributed by atoms with Crippen molar-refractivity contribution in [1.29, 1.82) is 0 Å². The molecule has 0 aromatic heterocycles. The standard InChI is InChI=1S/C10H20N2O/c1-2-3-6-10(13)12-9-5-4-7-11-8-9/h9,11H,2-8H2,1H3,(H,12,13)/t9-/m1/s1. The Bertz CT molecular complexity index is 153. The van der Waals surface area contributed by atoms with Gasteiger partial charge in [-0.05, 0) is 25.8 Å². The molecule has 1 rings (SSSR count). The molecular formula is C10H20N2O. The van der Waals surface area contributed by atoms with E-state index in [0.29, 0.717) is 12.5 Å². The van der Waals surface area contributed by atoms with Gasteiger partial charge in [0, 0.05) is 19.0 Å². The summed E-state index contributed by atoms with van der Waals surface area (Å²) in [6.45, 7) is 4.15. The number of unbranched alkanes of at least 4 members (excludes halogenated alkanes) is 1. The zero-order chi connectivity index (χ0) is 9.52. The smallest absolute Gasteiger partial charge is 0.220 e. The van der Waals surface area contributed by atoms with E-state index in [-0.39, 0.29) is 5.91 Å². The van der Waals surface area contributed by atoms with Gasteiger partial charge in [-0.1, -0.05) is 13.3 Å². The summed E-state index contributed by atoms with van der Waals surface area (Å²) in [6.07, 6.45) is 5.10. The summed E-state index contributed by atoms with van der Waals surface area (Å²) in [5, 5.41) is 6.33. The van der Waals surface area contributed by atoms with E-state index in [0.717, 1.165) is 32.4 Å². The maximum atomic E-state index is 11.3. The second-order valence-electron chi connectivity index (χ2n) is 3.71. The summed E-state index contributed by atoms with van der Waals surface area (Å²) in [5.41, 5.74) is 0. The first kappa shape index (κ1) is 10.5. The molecule has 1 aliphatic rings. The third-order valence-corrected chi connectivity index (χ3v) is 2.42. The largest absolute Gasteiger partial charge is 0.352 e. The highest BCUT2D eigenvalue weighted by molar-refractivity contribution is 5.76. The molecule has 1 saturated heterocycles. The van der Waals surface area contributed by atoms with Gasteiger partial charge in [-0.25, -0.2) is 0 Å². The predicted molar refractivity (Wildman–Crippen MR) is 53.6 cm³/mol. The molecule has 0 aliphatic carbocycles. The molecule has 0 bridgehead atoms. The van der Waals surface area contributed by atoms with E-state index in [4.69, 9.17) is 0 Å². The van der Waals surface area contributed by atoms with Crippen LogP contribution in [-0.2, 0) is 4.79 Å². The minimum atomic E-state index is 0.218. The number of amides is 1. The molecule has 1 atom stereocenters. The number of carbonyl (C=O) groups is 1. The van der Waals surface area contributed by atoms with Crippen molar-refractivity contribution in [3.05, 3.63) is 0 Å². The first-order valence-electron chi connectivity index (χ1n) is 5.33. The molecule has 0 spiro atoms. The van der Waals surface area contributed by atoms with E-state index in [1.807, 2.05) is 0 Å². The van der Waals surface area contributed by atoms with Crippen LogP contribution in [0.4, 0.5) is 0 Å². The van der Waals surface area contributed by atoms with Gasteiger partial charge in [0.2, 0.25) is 5.91 Å². The van der Waals surface area contributed by atoms with Crippen LogP contribution in [0.3, 0.4) is 0 Å². The van der Waals surface area contributed by atoms with Crippen molar-refractivity contribution >= 4 is 5.91 Å². The molecule has 1 heterocycles. The molecule has 3 heteroatoms. The van der Waals surface area contributed by atoms with Crippen molar-refractivity contribution < 1.29 is 4.79 Å². The number of hydrogen-bond donors (Lipinski definition) is 2. The van der Waals surface area contributed by atoms with E-state index in [1.165, 1.54) is 6.42 Å². The van der Waals surface area contributed by atoms with Crippen LogP contribution in [0.2, 0.25) is 0 Å². The lowest BCUT2D eigenvalue weighted by atomic mass is 10.1. The maximum Gasteiger partial charge on any atom is 0.220 e. The number of nitrogens with one attached hydrogen (secondary N) is 2. The summed E-state index contributed by atoms with van der Waals surface area (Å²) >= 11 is 0. The van der Waals surface area contributed by atoms with Crippen molar-refractivity contribution in [3.63, 3.8) is 0 Å². The zero-order valence-electron chi connectivity index (χ0n) is 8.44. The topological polar surface area (TPSA) is 41.1 Å². The normalized spacial score (nSPS) is 22.7. The fourth-order valence-corrected chi connectivity index (χ4v) is 1.61. The van der Waals surface area contributed by atoms with Gasteiger partial charge >= 0.3 is 0 Å². The number of rotatable bonds is 4. The third kappa shape index (κ3) is 4.27. The zero-order valence-corrected chi connectivity index (χ0v) is 8.44. The van der Waals surface area contributed by atoms with Crippen LogP contribution in [0.5, 0.6) is 0 Å². The molecule has 0 aromatic carbocycles. The Labute approximate surface area is 80.3 Å². The van der Waals surface area contributed by atoms with Crippen LogP contribution in [0.15, 0.2) is 0 Å². The highest BCUT2D eigenvalue weighted by Crippen LogP contribution is 2.02. The fraction of sp³-hybridized carbons (Fsp3) is 0.900. The van der Waals surface area contributed by atoms with E-state index < -0.39 is 0 Å². The quantitative estimate of drug-likeness (QED) is 0.685. The number of hydrogen-bond acceptors (Lipinski definition) is 2. The van der Waals surface area contributed by atoms with Crippen LogP contribution in [-0.4, -0.2) is 25.0 Å². The van der Waals surface area contributed by atoms with Gasteiger partial charge in [-0.15, -0.1) is 0 Å². The lowest BCUT2D eigenvalue weighted by Gasteiger charge is -2.23. The van der Waals surface area contributed by atoms with Gasteiger partial charge in [0.1, 0.15) is 0 Å². The molecule has 3 nitrogen and oxygen atoms in total. The van der Waals surface area contributed by atoms with Gasteiger partial charge in [0.15, 0.2) is 0 Å². The lowest BCUT2D eigenvalue weighted by Crippen LogP contribution is -2.45. The molecule has 1 fully saturated rings. The van der Waals surface area contributed by atoms with E-state index in [2.05, 4.69) is 17.6 Å². The Hall–Kier alpha value is -0.570. The second kappa shape index (κ2) is 5.97. The SMILES string of the molecule is CCCCC(=O)N[C@@H]1CCCNC1. The molecule has 0 radical (unpaired) electrons. The molecule has 76 valence electrons. The van der Waals surface area contributed by atoms with Gasteiger partial charge < -0.3 is 10.6 Å². The fourth-order valence-electron chi connectivity index (χ4n) is 1.61. The minimum absolute atomic E-state index is 0.218. The lowest BCUT2D eigenvalue weighted by molar-refractivity contribution is -0.122. The van der Waals surface area contributed by atoms with Crippen molar-refractivity contribution in [1.82, 2.24) is 10.6 Å². The second-order valence-corrected chi connectivity index (χ2v) is 3.71. The summed E-state index contributed by atoms with van der Waals surface area (Å²) in [5.74, 6) is 0.218. The number of carbonyl (C=O) groups excluding carboxylic acids is 1. The summed E-state index contributed by atoms with van der Waals surface area (Å²) in [7, 11) is 0. The highest BCUT2D eigenvalue weighted by atomic mass is 16.1. The first-order chi connectivity index (χ1) is 6.33. The molecule has 1 aliphatic heterocycles. The van der Waals surface area contributed by atoms with Crippen LogP contribution in [0.1, 0.15) is 39.0 Å². The van der Waals surface area contributed by atoms with E-state index in [9.17, 15) is 4.79 Å². The van der Waals surface area contributed by atoms with Gasteiger partial charge in [0.25, 0.3) is 0 Å².